The van der Waals surface area contributed by atoms with Crippen molar-refractivity contribution in [1.82, 2.24) is 0 Å². The maximum atomic E-state index is 11.6. The molecule has 0 atom stereocenters. The molecule has 0 heterocycles. The van der Waals surface area contributed by atoms with Crippen LogP contribution in [-0.4, -0.2) is 28.9 Å². The molecule has 19 heavy (non-hydrogen) atoms. The summed E-state index contributed by atoms with van der Waals surface area (Å²) < 4.78 is 5.15. The van der Waals surface area contributed by atoms with Crippen LogP contribution in [0, 0.1) is 0 Å². The predicted octanol–water partition coefficient (Wildman–Crippen LogP) is 2.05. The fraction of sp³-hybridized carbons (Fsp3) is 0.462. The first kappa shape index (κ1) is 15.5. The second-order valence-electron chi connectivity index (χ2n) is 5.35. The SMILES string of the molecule is CC(C)(C)OC(=O)Nc1cccc(CCB(O)O)c1. The van der Waals surface area contributed by atoms with E-state index in [-0.39, 0.29) is 6.32 Å². The summed E-state index contributed by atoms with van der Waals surface area (Å²) in [6.45, 7) is 5.39. The van der Waals surface area contributed by atoms with Crippen LogP contribution in [0.2, 0.25) is 6.32 Å². The third-order valence-electron chi connectivity index (χ3n) is 2.26. The van der Waals surface area contributed by atoms with E-state index in [1.807, 2.05) is 6.07 Å². The minimum absolute atomic E-state index is 0.260. The van der Waals surface area contributed by atoms with Crippen LogP contribution in [0.1, 0.15) is 26.3 Å². The Morgan fingerprint density at radius 1 is 1.37 bits per heavy atom. The maximum Gasteiger partial charge on any atom is 0.451 e. The lowest BCUT2D eigenvalue weighted by atomic mass is 9.83. The third-order valence-corrected chi connectivity index (χ3v) is 2.26. The van der Waals surface area contributed by atoms with Crippen molar-refractivity contribution in [2.24, 2.45) is 0 Å². The minimum atomic E-state index is -1.32. The Morgan fingerprint density at radius 2 is 2.05 bits per heavy atom. The molecule has 0 radical (unpaired) electrons. The molecule has 0 aromatic heterocycles. The van der Waals surface area contributed by atoms with E-state index in [1.165, 1.54) is 0 Å². The van der Waals surface area contributed by atoms with Gasteiger partial charge in [-0.05, 0) is 51.2 Å². The highest BCUT2D eigenvalue weighted by Gasteiger charge is 2.16. The summed E-state index contributed by atoms with van der Waals surface area (Å²) in [5.74, 6) is 0. The van der Waals surface area contributed by atoms with Gasteiger partial charge >= 0.3 is 13.2 Å². The normalized spacial score (nSPS) is 11.0. The monoisotopic (exact) mass is 265 g/mol. The fourth-order valence-electron chi connectivity index (χ4n) is 1.52. The second-order valence-corrected chi connectivity index (χ2v) is 5.35. The number of anilines is 1. The first-order valence-corrected chi connectivity index (χ1v) is 6.21. The lowest BCUT2D eigenvalue weighted by Gasteiger charge is -2.19. The molecule has 104 valence electrons. The summed E-state index contributed by atoms with van der Waals surface area (Å²) in [4.78, 5) is 11.6. The van der Waals surface area contributed by atoms with Gasteiger partial charge in [0, 0.05) is 5.69 Å². The van der Waals surface area contributed by atoms with Gasteiger partial charge in [-0.3, -0.25) is 5.32 Å². The van der Waals surface area contributed by atoms with E-state index >= 15 is 0 Å². The number of carbonyl (C=O) groups is 1. The highest BCUT2D eigenvalue weighted by molar-refractivity contribution is 6.40. The zero-order chi connectivity index (χ0) is 14.5. The summed E-state index contributed by atoms with van der Waals surface area (Å²) in [5, 5.41) is 20.3. The van der Waals surface area contributed by atoms with Gasteiger partial charge in [0.05, 0.1) is 0 Å². The Balaban J connectivity index is 2.59. The van der Waals surface area contributed by atoms with E-state index in [1.54, 1.807) is 39.0 Å². The number of hydrogen-bond donors (Lipinski definition) is 3. The number of hydrogen-bond acceptors (Lipinski definition) is 4. The molecule has 3 N–H and O–H groups in total. The number of rotatable bonds is 4. The predicted molar refractivity (Wildman–Crippen MR) is 75.0 cm³/mol. The van der Waals surface area contributed by atoms with Crippen LogP contribution in [0.15, 0.2) is 24.3 Å². The van der Waals surface area contributed by atoms with Crippen LogP contribution in [0.25, 0.3) is 0 Å². The van der Waals surface area contributed by atoms with Crippen molar-refractivity contribution >= 4 is 18.9 Å². The molecule has 5 nitrogen and oxygen atoms in total. The van der Waals surface area contributed by atoms with Crippen molar-refractivity contribution in [3.05, 3.63) is 29.8 Å². The summed E-state index contributed by atoms with van der Waals surface area (Å²) in [6.07, 6.45) is 0.282. The smallest absolute Gasteiger partial charge is 0.444 e. The summed E-state index contributed by atoms with van der Waals surface area (Å²) in [5.41, 5.74) is 1.00. The zero-order valence-electron chi connectivity index (χ0n) is 11.5. The van der Waals surface area contributed by atoms with Gasteiger partial charge in [-0.15, -0.1) is 0 Å². The van der Waals surface area contributed by atoms with Crippen molar-refractivity contribution in [2.75, 3.05) is 5.32 Å². The molecule has 1 aromatic carbocycles. The Morgan fingerprint density at radius 3 is 2.63 bits per heavy atom. The fourth-order valence-corrected chi connectivity index (χ4v) is 1.52. The molecule has 0 aliphatic heterocycles. The lowest BCUT2D eigenvalue weighted by Crippen LogP contribution is -2.27. The van der Waals surface area contributed by atoms with Gasteiger partial charge in [-0.1, -0.05) is 12.1 Å². The first-order chi connectivity index (χ1) is 8.76. The van der Waals surface area contributed by atoms with Crippen LogP contribution in [0.3, 0.4) is 0 Å². The van der Waals surface area contributed by atoms with Crippen molar-refractivity contribution in [1.29, 1.82) is 0 Å². The number of nitrogens with one attached hydrogen (secondary N) is 1. The first-order valence-electron chi connectivity index (χ1n) is 6.21. The number of aryl methyl sites for hydroxylation is 1. The molecular formula is C13H20BNO4. The van der Waals surface area contributed by atoms with E-state index in [4.69, 9.17) is 14.8 Å². The van der Waals surface area contributed by atoms with Gasteiger partial charge in [-0.25, -0.2) is 4.79 Å². The van der Waals surface area contributed by atoms with Crippen LogP contribution in [-0.2, 0) is 11.2 Å². The number of ether oxygens (including phenoxy) is 1. The Bertz CT molecular complexity index is 429. The zero-order valence-corrected chi connectivity index (χ0v) is 11.5. The topological polar surface area (TPSA) is 78.8 Å². The van der Waals surface area contributed by atoms with Crippen molar-refractivity contribution in [3.63, 3.8) is 0 Å². The summed E-state index contributed by atoms with van der Waals surface area (Å²) in [7, 11) is -1.32. The summed E-state index contributed by atoms with van der Waals surface area (Å²) >= 11 is 0. The molecule has 0 aliphatic rings. The van der Waals surface area contributed by atoms with Crippen molar-refractivity contribution < 1.29 is 19.6 Å². The average molecular weight is 265 g/mol. The highest BCUT2D eigenvalue weighted by Crippen LogP contribution is 2.15. The van der Waals surface area contributed by atoms with Crippen LogP contribution in [0.4, 0.5) is 10.5 Å². The maximum absolute atomic E-state index is 11.6. The van der Waals surface area contributed by atoms with Gasteiger partial charge in [0.25, 0.3) is 0 Å². The number of carbonyl (C=O) groups excluding carboxylic acids is 1. The molecule has 1 amide bonds. The molecule has 6 heteroatoms. The molecule has 0 saturated carbocycles. The number of amides is 1. The molecule has 0 unspecified atom stereocenters. The van der Waals surface area contributed by atoms with Gasteiger partial charge in [0.1, 0.15) is 5.60 Å². The van der Waals surface area contributed by atoms with Crippen LogP contribution < -0.4 is 5.32 Å². The lowest BCUT2D eigenvalue weighted by molar-refractivity contribution is 0.0636. The van der Waals surface area contributed by atoms with Gasteiger partial charge in [0.15, 0.2) is 0 Å². The van der Waals surface area contributed by atoms with E-state index in [2.05, 4.69) is 5.32 Å². The van der Waals surface area contributed by atoms with E-state index in [9.17, 15) is 4.79 Å². The largest absolute Gasteiger partial charge is 0.451 e. The van der Waals surface area contributed by atoms with Crippen molar-refractivity contribution in [2.45, 2.75) is 39.1 Å². The Hall–Kier alpha value is -1.53. The third kappa shape index (κ3) is 6.83. The quantitative estimate of drug-likeness (QED) is 0.728. The molecule has 0 bridgehead atoms. The molecule has 0 spiro atoms. The standard InChI is InChI=1S/C13H20BNO4/c1-13(2,3)19-12(16)15-11-6-4-5-10(9-11)7-8-14(17)18/h4-6,9,17-18H,7-8H2,1-3H3,(H,15,16). The highest BCUT2D eigenvalue weighted by atomic mass is 16.6. The number of benzene rings is 1. The Labute approximate surface area is 113 Å². The van der Waals surface area contributed by atoms with E-state index in [0.29, 0.717) is 12.1 Å². The average Bonchev–Trinajstić information content (AvgIpc) is 2.24. The molecule has 0 aliphatic carbocycles. The minimum Gasteiger partial charge on any atom is -0.444 e. The molecule has 0 fully saturated rings. The van der Waals surface area contributed by atoms with E-state index in [0.717, 1.165) is 5.56 Å². The molecule has 1 aromatic rings. The summed E-state index contributed by atoms with van der Waals surface area (Å²) in [6, 6.07) is 7.20. The van der Waals surface area contributed by atoms with Crippen molar-refractivity contribution in [3.8, 4) is 0 Å². The molecule has 0 saturated heterocycles. The molecular weight excluding hydrogens is 245 g/mol. The van der Waals surface area contributed by atoms with Crippen LogP contribution >= 0.6 is 0 Å². The Kier molecular flexibility index (Phi) is 5.38. The van der Waals surface area contributed by atoms with Gasteiger partial charge < -0.3 is 14.8 Å². The van der Waals surface area contributed by atoms with E-state index < -0.39 is 18.8 Å². The van der Waals surface area contributed by atoms with Gasteiger partial charge in [0.2, 0.25) is 0 Å². The molecule has 1 rings (SSSR count). The second kappa shape index (κ2) is 6.59. The van der Waals surface area contributed by atoms with Crippen LogP contribution in [0.5, 0.6) is 0 Å². The van der Waals surface area contributed by atoms with Gasteiger partial charge in [-0.2, -0.15) is 0 Å².